The Balaban J connectivity index is 1.42. The molecule has 24 heavy (non-hydrogen) atoms. The van der Waals surface area contributed by atoms with E-state index in [1.54, 1.807) is 29.7 Å². The molecule has 0 atom stereocenters. The first-order valence-corrected chi connectivity index (χ1v) is 9.23. The van der Waals surface area contributed by atoms with E-state index < -0.39 is 0 Å². The Morgan fingerprint density at radius 3 is 2.75 bits per heavy atom. The number of rotatable bonds is 5. The largest absolute Gasteiger partial charge is 0.444 e. The molecule has 1 aromatic carbocycles. The summed E-state index contributed by atoms with van der Waals surface area (Å²) >= 11 is 8.87. The molecule has 3 heterocycles. The quantitative estimate of drug-likeness (QED) is 0.435. The van der Waals surface area contributed by atoms with Crippen molar-refractivity contribution < 1.29 is 8.83 Å². The van der Waals surface area contributed by atoms with E-state index in [0.717, 1.165) is 16.1 Å². The molecule has 4 aromatic rings. The summed E-state index contributed by atoms with van der Waals surface area (Å²) in [7, 11) is 0. The van der Waals surface area contributed by atoms with Crippen LogP contribution in [0.4, 0.5) is 0 Å². The van der Waals surface area contributed by atoms with Gasteiger partial charge in [-0.3, -0.25) is 0 Å². The van der Waals surface area contributed by atoms with Crippen LogP contribution in [0.1, 0.15) is 5.69 Å². The summed E-state index contributed by atoms with van der Waals surface area (Å²) in [6.07, 6.45) is 1.63. The van der Waals surface area contributed by atoms with Crippen LogP contribution in [-0.4, -0.2) is 15.2 Å². The lowest BCUT2D eigenvalue weighted by Crippen LogP contribution is -1.82. The average molecular weight is 376 g/mol. The molecule has 0 radical (unpaired) electrons. The first-order valence-electron chi connectivity index (χ1n) is 6.98. The number of nitrogens with zero attached hydrogens (tertiary/aromatic N) is 3. The summed E-state index contributed by atoms with van der Waals surface area (Å²) in [5.74, 6) is 1.69. The molecule has 0 unspecified atom stereocenters. The van der Waals surface area contributed by atoms with Gasteiger partial charge in [0.25, 0.3) is 11.1 Å². The molecule has 0 fully saturated rings. The number of halogens is 1. The SMILES string of the molecule is Clc1ccc(-c2nc(CSc3nnc(-c4cccs4)o3)co2)cc1. The molecule has 3 aromatic heterocycles. The molecule has 0 aliphatic rings. The lowest BCUT2D eigenvalue weighted by molar-refractivity contribution is 0.466. The maximum atomic E-state index is 5.88. The molecule has 0 spiro atoms. The number of hydrogen-bond acceptors (Lipinski definition) is 7. The fourth-order valence-corrected chi connectivity index (χ4v) is 3.41. The molecule has 0 aliphatic carbocycles. The Morgan fingerprint density at radius 2 is 1.96 bits per heavy atom. The number of hydrogen-bond donors (Lipinski definition) is 0. The molecule has 0 saturated heterocycles. The Labute approximate surface area is 150 Å². The highest BCUT2D eigenvalue weighted by Gasteiger charge is 2.12. The Hall–Kier alpha value is -2.09. The van der Waals surface area contributed by atoms with Crippen molar-refractivity contribution in [2.45, 2.75) is 11.0 Å². The molecule has 0 amide bonds. The molecule has 120 valence electrons. The normalized spacial score (nSPS) is 11.0. The summed E-state index contributed by atoms with van der Waals surface area (Å²) in [4.78, 5) is 5.42. The van der Waals surface area contributed by atoms with Gasteiger partial charge in [0, 0.05) is 16.3 Å². The Morgan fingerprint density at radius 1 is 1.08 bits per heavy atom. The van der Waals surface area contributed by atoms with Crippen molar-refractivity contribution in [3.05, 3.63) is 58.8 Å². The van der Waals surface area contributed by atoms with Crippen LogP contribution in [0.15, 0.2) is 62.1 Å². The lowest BCUT2D eigenvalue weighted by Gasteiger charge is -1.94. The van der Waals surface area contributed by atoms with Crippen molar-refractivity contribution in [1.29, 1.82) is 0 Å². The second-order valence-electron chi connectivity index (χ2n) is 4.79. The minimum Gasteiger partial charge on any atom is -0.444 e. The van der Waals surface area contributed by atoms with E-state index in [1.807, 2.05) is 29.6 Å². The molecule has 5 nitrogen and oxygen atoms in total. The molecular weight excluding hydrogens is 366 g/mol. The van der Waals surface area contributed by atoms with E-state index in [9.17, 15) is 0 Å². The molecular formula is C16H10ClN3O2S2. The topological polar surface area (TPSA) is 65.0 Å². The van der Waals surface area contributed by atoms with Gasteiger partial charge in [0.2, 0.25) is 5.89 Å². The van der Waals surface area contributed by atoms with Crippen LogP contribution < -0.4 is 0 Å². The van der Waals surface area contributed by atoms with Gasteiger partial charge < -0.3 is 8.83 Å². The van der Waals surface area contributed by atoms with E-state index in [1.165, 1.54) is 11.8 Å². The zero-order chi connectivity index (χ0) is 16.4. The summed E-state index contributed by atoms with van der Waals surface area (Å²) < 4.78 is 11.1. The molecule has 8 heteroatoms. The van der Waals surface area contributed by atoms with Crippen LogP contribution in [0.25, 0.3) is 22.2 Å². The maximum Gasteiger partial charge on any atom is 0.277 e. The van der Waals surface area contributed by atoms with Gasteiger partial charge in [0.05, 0.1) is 10.6 Å². The number of thiophene rings is 1. The Kier molecular flexibility index (Phi) is 4.38. The fraction of sp³-hybridized carbons (Fsp3) is 0.0625. The monoisotopic (exact) mass is 375 g/mol. The first-order chi connectivity index (χ1) is 11.8. The van der Waals surface area contributed by atoms with Crippen molar-refractivity contribution in [3.63, 3.8) is 0 Å². The summed E-state index contributed by atoms with van der Waals surface area (Å²) in [5.41, 5.74) is 1.69. The minimum absolute atomic E-state index is 0.509. The van der Waals surface area contributed by atoms with Crippen LogP contribution in [0.3, 0.4) is 0 Å². The van der Waals surface area contributed by atoms with E-state index in [2.05, 4.69) is 15.2 Å². The second-order valence-corrected chi connectivity index (χ2v) is 7.10. The van der Waals surface area contributed by atoms with Gasteiger partial charge in [0.15, 0.2) is 0 Å². The third-order valence-electron chi connectivity index (χ3n) is 3.12. The highest BCUT2D eigenvalue weighted by molar-refractivity contribution is 7.98. The third-order valence-corrected chi connectivity index (χ3v) is 5.09. The predicted molar refractivity (Wildman–Crippen MR) is 94.1 cm³/mol. The van der Waals surface area contributed by atoms with Gasteiger partial charge in [0.1, 0.15) is 6.26 Å². The third kappa shape index (κ3) is 3.38. The van der Waals surface area contributed by atoms with Crippen molar-refractivity contribution in [3.8, 4) is 22.2 Å². The van der Waals surface area contributed by atoms with E-state index >= 15 is 0 Å². The van der Waals surface area contributed by atoms with Crippen LogP contribution in [0.5, 0.6) is 0 Å². The van der Waals surface area contributed by atoms with Crippen molar-refractivity contribution in [1.82, 2.24) is 15.2 Å². The molecule has 0 N–H and O–H groups in total. The number of aromatic nitrogens is 3. The van der Waals surface area contributed by atoms with Crippen molar-refractivity contribution in [2.75, 3.05) is 0 Å². The second kappa shape index (κ2) is 6.80. The van der Waals surface area contributed by atoms with Crippen molar-refractivity contribution >= 4 is 34.7 Å². The Bertz CT molecular complexity index is 933. The summed E-state index contributed by atoms with van der Waals surface area (Å²) in [5, 5.41) is 11.3. The van der Waals surface area contributed by atoms with Gasteiger partial charge in [-0.25, -0.2) is 4.98 Å². The smallest absolute Gasteiger partial charge is 0.277 e. The van der Waals surface area contributed by atoms with Crippen LogP contribution in [0.2, 0.25) is 5.02 Å². The maximum absolute atomic E-state index is 5.88. The highest BCUT2D eigenvalue weighted by atomic mass is 35.5. The van der Waals surface area contributed by atoms with Gasteiger partial charge in [-0.1, -0.05) is 29.4 Å². The number of thioether (sulfide) groups is 1. The number of oxazole rings is 1. The standard InChI is InChI=1S/C16H10ClN3O2S2/c17-11-5-3-10(4-6-11)14-18-12(8-21-14)9-24-16-20-19-15(22-16)13-2-1-7-23-13/h1-8H,9H2. The summed E-state index contributed by atoms with van der Waals surface area (Å²) in [6, 6.07) is 11.3. The zero-order valence-corrected chi connectivity index (χ0v) is 14.6. The van der Waals surface area contributed by atoms with Gasteiger partial charge in [-0.05, 0) is 35.7 Å². The average Bonchev–Trinajstić information content (AvgIpc) is 3.34. The predicted octanol–water partition coefficient (Wildman–Crippen LogP) is 5.40. The van der Waals surface area contributed by atoms with Crippen molar-refractivity contribution in [2.24, 2.45) is 0 Å². The van der Waals surface area contributed by atoms with Crippen LogP contribution in [-0.2, 0) is 5.75 Å². The van der Waals surface area contributed by atoms with Gasteiger partial charge in [-0.15, -0.1) is 21.5 Å². The summed E-state index contributed by atoms with van der Waals surface area (Å²) in [6.45, 7) is 0. The minimum atomic E-state index is 0.509. The van der Waals surface area contributed by atoms with Crippen LogP contribution in [0, 0.1) is 0 Å². The van der Waals surface area contributed by atoms with E-state index in [-0.39, 0.29) is 0 Å². The molecule has 0 bridgehead atoms. The lowest BCUT2D eigenvalue weighted by atomic mass is 10.2. The fourth-order valence-electron chi connectivity index (χ4n) is 2.00. The highest BCUT2D eigenvalue weighted by Crippen LogP contribution is 2.29. The first kappa shape index (κ1) is 15.4. The van der Waals surface area contributed by atoms with Gasteiger partial charge in [-0.2, -0.15) is 0 Å². The molecule has 4 rings (SSSR count). The van der Waals surface area contributed by atoms with E-state index in [0.29, 0.717) is 27.8 Å². The van der Waals surface area contributed by atoms with Crippen LogP contribution >= 0.6 is 34.7 Å². The molecule has 0 aliphatic heterocycles. The van der Waals surface area contributed by atoms with Gasteiger partial charge >= 0.3 is 0 Å². The van der Waals surface area contributed by atoms with E-state index in [4.69, 9.17) is 20.4 Å². The molecule has 0 saturated carbocycles. The zero-order valence-electron chi connectivity index (χ0n) is 12.2. The number of benzene rings is 1.